The number of rotatable bonds is 0. The largest absolute Gasteiger partial charge is 0.197 e. The van der Waals surface area contributed by atoms with Crippen LogP contribution >= 0.6 is 0 Å². The Balaban J connectivity index is 2.64. The van der Waals surface area contributed by atoms with Crippen molar-refractivity contribution < 1.29 is 0 Å². The zero-order valence-electron chi connectivity index (χ0n) is 9.12. The van der Waals surface area contributed by atoms with Gasteiger partial charge in [-0.15, -0.1) is 0 Å². The van der Waals surface area contributed by atoms with E-state index in [1.54, 1.807) is 0 Å². The van der Waals surface area contributed by atoms with E-state index in [1.165, 1.54) is 5.39 Å². The molecule has 2 aromatic rings. The summed E-state index contributed by atoms with van der Waals surface area (Å²) in [5.74, 6) is 5.96. The van der Waals surface area contributed by atoms with Gasteiger partial charge in [0.1, 0.15) is 0 Å². The average Bonchev–Trinajstić information content (AvgIpc) is 2.32. The zero-order valence-corrected chi connectivity index (χ0v) is 9.12. The number of nitriles is 1. The second-order valence-electron chi connectivity index (χ2n) is 3.62. The summed E-state index contributed by atoms with van der Waals surface area (Å²) in [6.07, 6.45) is 0.280. The summed E-state index contributed by atoms with van der Waals surface area (Å²) in [6.45, 7) is 2.04. The normalized spacial score (nSPS) is 9.25. The summed E-state index contributed by atoms with van der Waals surface area (Å²) < 4.78 is 0. The van der Waals surface area contributed by atoms with E-state index in [2.05, 4.69) is 36.1 Å². The molecule has 0 aliphatic heterocycles. The molecule has 0 aliphatic carbocycles. The van der Waals surface area contributed by atoms with Gasteiger partial charge in [-0.2, -0.15) is 5.26 Å². The maximum Gasteiger partial charge on any atom is 0.0966 e. The van der Waals surface area contributed by atoms with Crippen molar-refractivity contribution in [2.45, 2.75) is 13.3 Å². The molecule has 0 saturated heterocycles. The van der Waals surface area contributed by atoms with Gasteiger partial charge in [-0.1, -0.05) is 48.2 Å². The Morgan fingerprint density at radius 2 is 1.94 bits per heavy atom. The number of aryl methyl sites for hydroxylation is 1. The summed E-state index contributed by atoms with van der Waals surface area (Å²) in [7, 11) is 0. The van der Waals surface area contributed by atoms with E-state index in [1.807, 2.05) is 25.1 Å². The van der Waals surface area contributed by atoms with Gasteiger partial charge in [0.15, 0.2) is 0 Å². The van der Waals surface area contributed by atoms with Gasteiger partial charge >= 0.3 is 0 Å². The van der Waals surface area contributed by atoms with Crippen molar-refractivity contribution >= 4 is 10.8 Å². The lowest BCUT2D eigenvalue weighted by atomic mass is 10.00. The Morgan fingerprint density at radius 3 is 2.75 bits per heavy atom. The van der Waals surface area contributed by atoms with Crippen molar-refractivity contribution in [3.63, 3.8) is 0 Å². The lowest BCUT2D eigenvalue weighted by Gasteiger charge is -2.03. The zero-order chi connectivity index (χ0) is 11.4. The van der Waals surface area contributed by atoms with E-state index >= 15 is 0 Å². The molecule has 0 spiro atoms. The molecule has 0 bridgehead atoms. The molecule has 0 aliphatic rings. The third-order valence-electron chi connectivity index (χ3n) is 2.52. The Kier molecular flexibility index (Phi) is 2.90. The molecule has 2 aromatic carbocycles. The fraction of sp³-hybridized carbons (Fsp3) is 0.133. The molecule has 0 aromatic heterocycles. The van der Waals surface area contributed by atoms with Crippen LogP contribution in [0.2, 0.25) is 0 Å². The van der Waals surface area contributed by atoms with Crippen molar-refractivity contribution in [1.29, 1.82) is 5.26 Å². The first-order valence-electron chi connectivity index (χ1n) is 5.17. The van der Waals surface area contributed by atoms with Crippen LogP contribution in [0.3, 0.4) is 0 Å². The van der Waals surface area contributed by atoms with Gasteiger partial charge in [-0.05, 0) is 23.3 Å². The van der Waals surface area contributed by atoms with Crippen molar-refractivity contribution in [3.05, 3.63) is 47.5 Å². The molecule has 0 radical (unpaired) electrons. The van der Waals surface area contributed by atoms with Crippen LogP contribution in [0.4, 0.5) is 0 Å². The second kappa shape index (κ2) is 4.51. The molecular weight excluding hydrogens is 194 g/mol. The second-order valence-corrected chi connectivity index (χ2v) is 3.62. The van der Waals surface area contributed by atoms with Gasteiger partial charge in [-0.25, -0.2) is 0 Å². The van der Waals surface area contributed by atoms with E-state index in [0.717, 1.165) is 16.5 Å². The van der Waals surface area contributed by atoms with E-state index in [-0.39, 0.29) is 6.42 Å². The Hall–Kier alpha value is -2.25. The fourth-order valence-electron chi connectivity index (χ4n) is 1.72. The molecule has 1 heteroatoms. The molecule has 2 rings (SSSR count). The molecule has 0 heterocycles. The molecule has 0 saturated carbocycles. The number of benzene rings is 2. The van der Waals surface area contributed by atoms with Crippen molar-refractivity contribution in [1.82, 2.24) is 0 Å². The predicted molar refractivity (Wildman–Crippen MR) is 65.8 cm³/mol. The van der Waals surface area contributed by atoms with E-state index < -0.39 is 0 Å². The van der Waals surface area contributed by atoms with E-state index in [9.17, 15) is 0 Å². The standard InChI is InChI=1S/C15H11N/c1-12-9-10-13-6-2-3-8-15(13)14(12)7-4-5-11-16/h2-3,6,8-10H,5H2,1H3. The molecule has 16 heavy (non-hydrogen) atoms. The van der Waals surface area contributed by atoms with Gasteiger partial charge in [0.05, 0.1) is 12.5 Å². The molecule has 0 atom stereocenters. The number of nitrogens with zero attached hydrogens (tertiary/aromatic N) is 1. The molecule has 1 nitrogen and oxygen atoms in total. The minimum atomic E-state index is 0.280. The van der Waals surface area contributed by atoms with Gasteiger partial charge in [-0.3, -0.25) is 0 Å². The molecule has 0 unspecified atom stereocenters. The first-order valence-corrected chi connectivity index (χ1v) is 5.17. The monoisotopic (exact) mass is 205 g/mol. The van der Waals surface area contributed by atoms with Crippen LogP contribution in [0, 0.1) is 30.1 Å². The lowest BCUT2D eigenvalue weighted by molar-refractivity contribution is 1.39. The highest BCUT2D eigenvalue weighted by Gasteiger charge is 2.00. The summed E-state index contributed by atoms with van der Waals surface area (Å²) in [5, 5.41) is 10.8. The minimum Gasteiger partial charge on any atom is -0.197 e. The number of fused-ring (bicyclic) bond motifs is 1. The SMILES string of the molecule is Cc1ccc2ccccc2c1C#CCC#N. The third-order valence-corrected chi connectivity index (χ3v) is 2.52. The predicted octanol–water partition coefficient (Wildman–Crippen LogP) is 3.41. The van der Waals surface area contributed by atoms with E-state index in [0.29, 0.717) is 0 Å². The minimum absolute atomic E-state index is 0.280. The first-order chi connectivity index (χ1) is 7.83. The Morgan fingerprint density at radius 1 is 1.12 bits per heavy atom. The first kappa shape index (κ1) is 10.3. The van der Waals surface area contributed by atoms with Crippen LogP contribution in [0.1, 0.15) is 17.5 Å². The number of hydrogen-bond donors (Lipinski definition) is 0. The van der Waals surface area contributed by atoms with Crippen LogP contribution < -0.4 is 0 Å². The van der Waals surface area contributed by atoms with Crippen molar-refractivity contribution in [2.75, 3.05) is 0 Å². The third kappa shape index (κ3) is 1.90. The highest BCUT2D eigenvalue weighted by molar-refractivity contribution is 5.89. The molecule has 0 fully saturated rings. The fourth-order valence-corrected chi connectivity index (χ4v) is 1.72. The quantitative estimate of drug-likeness (QED) is 0.604. The lowest BCUT2D eigenvalue weighted by Crippen LogP contribution is -1.84. The van der Waals surface area contributed by atoms with Crippen molar-refractivity contribution in [2.24, 2.45) is 0 Å². The Labute approximate surface area is 95.3 Å². The highest BCUT2D eigenvalue weighted by Crippen LogP contribution is 2.21. The van der Waals surface area contributed by atoms with Crippen LogP contribution in [-0.4, -0.2) is 0 Å². The van der Waals surface area contributed by atoms with E-state index in [4.69, 9.17) is 5.26 Å². The van der Waals surface area contributed by atoms with Crippen LogP contribution in [0.5, 0.6) is 0 Å². The Bertz CT molecular complexity index is 621. The van der Waals surface area contributed by atoms with Crippen LogP contribution in [0.15, 0.2) is 36.4 Å². The summed E-state index contributed by atoms with van der Waals surface area (Å²) in [6, 6.07) is 14.4. The average molecular weight is 205 g/mol. The highest BCUT2D eigenvalue weighted by atomic mass is 14.2. The maximum atomic E-state index is 8.47. The topological polar surface area (TPSA) is 23.8 Å². The van der Waals surface area contributed by atoms with Gasteiger partial charge in [0.2, 0.25) is 0 Å². The summed E-state index contributed by atoms with van der Waals surface area (Å²) >= 11 is 0. The van der Waals surface area contributed by atoms with Gasteiger partial charge < -0.3 is 0 Å². The summed E-state index contributed by atoms with van der Waals surface area (Å²) in [5.41, 5.74) is 2.19. The molecule has 0 N–H and O–H groups in total. The molecule has 0 amide bonds. The summed E-state index contributed by atoms with van der Waals surface area (Å²) in [4.78, 5) is 0. The van der Waals surface area contributed by atoms with Gasteiger partial charge in [0.25, 0.3) is 0 Å². The molecular formula is C15H11N. The number of hydrogen-bond acceptors (Lipinski definition) is 1. The molecule has 76 valence electrons. The van der Waals surface area contributed by atoms with Crippen LogP contribution in [-0.2, 0) is 0 Å². The van der Waals surface area contributed by atoms with Crippen molar-refractivity contribution in [3.8, 4) is 17.9 Å². The maximum absolute atomic E-state index is 8.47. The van der Waals surface area contributed by atoms with Crippen LogP contribution in [0.25, 0.3) is 10.8 Å². The smallest absolute Gasteiger partial charge is 0.0966 e. The van der Waals surface area contributed by atoms with Gasteiger partial charge in [0, 0.05) is 5.56 Å².